The molecule has 0 aliphatic carbocycles. The lowest BCUT2D eigenvalue weighted by atomic mass is 9.98. The third-order valence-electron chi connectivity index (χ3n) is 3.50. The lowest BCUT2D eigenvalue weighted by Crippen LogP contribution is -2.49. The third kappa shape index (κ3) is 3.26. The van der Waals surface area contributed by atoms with Gasteiger partial charge < -0.3 is 5.32 Å². The van der Waals surface area contributed by atoms with Crippen LogP contribution in [0.5, 0.6) is 0 Å². The van der Waals surface area contributed by atoms with E-state index in [4.69, 9.17) is 0 Å². The molecule has 17 heavy (non-hydrogen) atoms. The molecular formula is C12H21N3O2. The molecule has 0 aromatic rings. The van der Waals surface area contributed by atoms with Gasteiger partial charge in [0.1, 0.15) is 0 Å². The average Bonchev–Trinajstić information content (AvgIpc) is 2.29. The van der Waals surface area contributed by atoms with E-state index in [-0.39, 0.29) is 17.7 Å². The normalized spacial score (nSPS) is 24.4. The van der Waals surface area contributed by atoms with Crippen LogP contribution in [0.1, 0.15) is 19.8 Å². The second kappa shape index (κ2) is 5.60. The molecule has 0 spiro atoms. The fraction of sp³-hybridized carbons (Fsp3) is 0.833. The molecule has 0 aromatic heterocycles. The van der Waals surface area contributed by atoms with Gasteiger partial charge in [-0.2, -0.15) is 0 Å². The van der Waals surface area contributed by atoms with E-state index >= 15 is 0 Å². The van der Waals surface area contributed by atoms with Crippen molar-refractivity contribution in [3.63, 3.8) is 0 Å². The van der Waals surface area contributed by atoms with E-state index in [1.54, 1.807) is 0 Å². The van der Waals surface area contributed by atoms with Gasteiger partial charge >= 0.3 is 0 Å². The van der Waals surface area contributed by atoms with Crippen LogP contribution in [0.15, 0.2) is 0 Å². The van der Waals surface area contributed by atoms with Crippen LogP contribution in [-0.4, -0.2) is 60.9 Å². The van der Waals surface area contributed by atoms with Crippen molar-refractivity contribution >= 4 is 11.8 Å². The van der Waals surface area contributed by atoms with Crippen molar-refractivity contribution in [1.82, 2.24) is 15.1 Å². The first kappa shape index (κ1) is 12.5. The van der Waals surface area contributed by atoms with Gasteiger partial charge in [-0.05, 0) is 5.92 Å². The fourth-order valence-corrected chi connectivity index (χ4v) is 2.45. The molecule has 0 atom stereocenters. The number of hydrogen-bond acceptors (Lipinski definition) is 4. The summed E-state index contributed by atoms with van der Waals surface area (Å²) in [5, 5.41) is 3.29. The van der Waals surface area contributed by atoms with Gasteiger partial charge in [-0.1, -0.05) is 6.92 Å². The molecule has 0 unspecified atom stereocenters. The van der Waals surface area contributed by atoms with E-state index in [0.717, 1.165) is 32.7 Å². The quantitative estimate of drug-likeness (QED) is 0.686. The minimum Gasteiger partial charge on any atom is -0.314 e. The predicted molar refractivity (Wildman–Crippen MR) is 64.4 cm³/mol. The van der Waals surface area contributed by atoms with E-state index in [1.807, 2.05) is 6.92 Å². The Morgan fingerprint density at radius 2 is 1.71 bits per heavy atom. The van der Waals surface area contributed by atoms with Crippen LogP contribution in [0.2, 0.25) is 0 Å². The number of hydrogen-bond donors (Lipinski definition) is 1. The molecule has 0 radical (unpaired) electrons. The molecule has 5 nitrogen and oxygen atoms in total. The summed E-state index contributed by atoms with van der Waals surface area (Å²) < 4.78 is 0. The summed E-state index contributed by atoms with van der Waals surface area (Å²) in [7, 11) is 0. The Morgan fingerprint density at radius 3 is 2.29 bits per heavy atom. The van der Waals surface area contributed by atoms with Crippen molar-refractivity contribution in [2.45, 2.75) is 19.8 Å². The Hall–Kier alpha value is -0.940. The van der Waals surface area contributed by atoms with Gasteiger partial charge in [0.2, 0.25) is 11.8 Å². The van der Waals surface area contributed by atoms with Crippen LogP contribution < -0.4 is 5.32 Å². The van der Waals surface area contributed by atoms with Gasteiger partial charge in [-0.25, -0.2) is 0 Å². The molecule has 1 N–H and O–H groups in total. The van der Waals surface area contributed by atoms with Crippen molar-refractivity contribution in [3.8, 4) is 0 Å². The number of likely N-dealkylation sites (tertiary alicyclic amines) is 1. The van der Waals surface area contributed by atoms with Gasteiger partial charge in [-0.15, -0.1) is 0 Å². The number of amides is 2. The van der Waals surface area contributed by atoms with E-state index in [9.17, 15) is 9.59 Å². The first-order valence-corrected chi connectivity index (χ1v) is 6.43. The molecule has 2 saturated heterocycles. The van der Waals surface area contributed by atoms with Gasteiger partial charge in [0.15, 0.2) is 0 Å². The fourth-order valence-electron chi connectivity index (χ4n) is 2.45. The van der Waals surface area contributed by atoms with Crippen molar-refractivity contribution in [1.29, 1.82) is 0 Å². The van der Waals surface area contributed by atoms with Crippen molar-refractivity contribution in [2.75, 3.05) is 39.3 Å². The molecule has 5 heteroatoms. The zero-order valence-corrected chi connectivity index (χ0v) is 10.4. The molecule has 2 rings (SSSR count). The highest BCUT2D eigenvalue weighted by atomic mass is 16.2. The zero-order valence-electron chi connectivity index (χ0n) is 10.4. The van der Waals surface area contributed by atoms with Gasteiger partial charge in [-0.3, -0.25) is 19.4 Å². The highest BCUT2D eigenvalue weighted by Gasteiger charge is 2.30. The Morgan fingerprint density at radius 1 is 1.12 bits per heavy atom. The number of piperazine rings is 1. The standard InChI is InChI=1S/C12H21N3O2/c1-10-8-11(16)15(12(17)9-10)7-6-14-4-2-13-3-5-14/h10,13H,2-9H2,1H3. The summed E-state index contributed by atoms with van der Waals surface area (Å²) >= 11 is 0. The van der Waals surface area contributed by atoms with Crippen LogP contribution in [0, 0.1) is 5.92 Å². The molecule has 2 amide bonds. The van der Waals surface area contributed by atoms with Crippen LogP contribution in [-0.2, 0) is 9.59 Å². The van der Waals surface area contributed by atoms with Gasteiger partial charge in [0.05, 0.1) is 0 Å². The lowest BCUT2D eigenvalue weighted by molar-refractivity contribution is -0.149. The topological polar surface area (TPSA) is 52.7 Å². The Balaban J connectivity index is 1.81. The third-order valence-corrected chi connectivity index (χ3v) is 3.50. The van der Waals surface area contributed by atoms with Crippen molar-refractivity contribution < 1.29 is 9.59 Å². The molecular weight excluding hydrogens is 218 g/mol. The lowest BCUT2D eigenvalue weighted by Gasteiger charge is -2.32. The number of nitrogens with one attached hydrogen (secondary N) is 1. The maximum absolute atomic E-state index is 11.8. The summed E-state index contributed by atoms with van der Waals surface area (Å²) in [6.07, 6.45) is 1.04. The second-order valence-electron chi connectivity index (χ2n) is 5.04. The summed E-state index contributed by atoms with van der Waals surface area (Å²) in [6.45, 7) is 7.35. The number of imide groups is 1. The number of rotatable bonds is 3. The molecule has 2 fully saturated rings. The van der Waals surface area contributed by atoms with E-state index in [2.05, 4.69) is 10.2 Å². The molecule has 2 aliphatic heterocycles. The summed E-state index contributed by atoms with van der Waals surface area (Å²) in [5.41, 5.74) is 0. The van der Waals surface area contributed by atoms with E-state index < -0.39 is 0 Å². The Kier molecular flexibility index (Phi) is 4.12. The highest BCUT2D eigenvalue weighted by Crippen LogP contribution is 2.18. The molecule has 96 valence electrons. The number of carbonyl (C=O) groups excluding carboxylic acids is 2. The summed E-state index contributed by atoms with van der Waals surface area (Å²) in [6, 6.07) is 0. The number of carbonyl (C=O) groups is 2. The summed E-state index contributed by atoms with van der Waals surface area (Å²) in [5.74, 6) is 0.221. The van der Waals surface area contributed by atoms with Gasteiger partial charge in [0.25, 0.3) is 0 Å². The van der Waals surface area contributed by atoms with Crippen molar-refractivity contribution in [2.24, 2.45) is 5.92 Å². The summed E-state index contributed by atoms with van der Waals surface area (Å²) in [4.78, 5) is 27.3. The van der Waals surface area contributed by atoms with Crippen LogP contribution in [0.4, 0.5) is 0 Å². The highest BCUT2D eigenvalue weighted by molar-refractivity contribution is 5.97. The largest absolute Gasteiger partial charge is 0.314 e. The zero-order chi connectivity index (χ0) is 12.3. The minimum absolute atomic E-state index is 0.00360. The minimum atomic E-state index is 0.00360. The molecule has 0 bridgehead atoms. The molecule has 0 saturated carbocycles. The Bertz CT molecular complexity index is 282. The van der Waals surface area contributed by atoms with Crippen molar-refractivity contribution in [3.05, 3.63) is 0 Å². The van der Waals surface area contributed by atoms with Crippen LogP contribution in [0.3, 0.4) is 0 Å². The molecule has 2 aliphatic rings. The smallest absolute Gasteiger partial charge is 0.229 e. The van der Waals surface area contributed by atoms with E-state index in [0.29, 0.717) is 19.4 Å². The molecule has 2 heterocycles. The van der Waals surface area contributed by atoms with E-state index in [1.165, 1.54) is 4.90 Å². The average molecular weight is 239 g/mol. The number of nitrogens with zero attached hydrogens (tertiary/aromatic N) is 2. The number of piperidine rings is 1. The predicted octanol–water partition coefficient (Wildman–Crippen LogP) is -0.323. The van der Waals surface area contributed by atoms with Crippen LogP contribution in [0.25, 0.3) is 0 Å². The van der Waals surface area contributed by atoms with Crippen LogP contribution >= 0.6 is 0 Å². The SMILES string of the molecule is CC1CC(=O)N(CCN2CCNCC2)C(=O)C1. The molecule has 0 aromatic carbocycles. The maximum Gasteiger partial charge on any atom is 0.229 e. The van der Waals surface area contributed by atoms with Gasteiger partial charge in [0, 0.05) is 52.1 Å². The monoisotopic (exact) mass is 239 g/mol. The first-order chi connectivity index (χ1) is 8.16. The maximum atomic E-state index is 11.8. The Labute approximate surface area is 102 Å². The second-order valence-corrected chi connectivity index (χ2v) is 5.04. The first-order valence-electron chi connectivity index (χ1n) is 6.43.